The molecular weight excluding hydrogens is 348 g/mol. The summed E-state index contributed by atoms with van der Waals surface area (Å²) in [6.45, 7) is 0. The van der Waals surface area contributed by atoms with Gasteiger partial charge in [-0.1, -0.05) is 11.6 Å². The van der Waals surface area contributed by atoms with Crippen molar-refractivity contribution in [2.75, 3.05) is 11.1 Å². The molecule has 3 aromatic rings. The number of fused-ring (bicyclic) bond motifs is 1. The molecule has 0 atom stereocenters. The van der Waals surface area contributed by atoms with Gasteiger partial charge >= 0.3 is 0 Å². The van der Waals surface area contributed by atoms with Gasteiger partial charge in [0.05, 0.1) is 11.1 Å². The molecule has 0 aliphatic heterocycles. The van der Waals surface area contributed by atoms with Gasteiger partial charge in [-0.15, -0.1) is 11.3 Å². The second-order valence-electron chi connectivity index (χ2n) is 3.82. The van der Waals surface area contributed by atoms with Crippen molar-refractivity contribution >= 4 is 66.5 Å². The lowest BCUT2D eigenvalue weighted by molar-refractivity contribution is 1.24. The minimum atomic E-state index is 0.252. The Bertz CT molecular complexity index is 759. The lowest BCUT2D eigenvalue weighted by atomic mass is 10.3. The molecule has 0 aliphatic carbocycles. The van der Waals surface area contributed by atoms with Crippen LogP contribution in [0.1, 0.15) is 0 Å². The van der Waals surface area contributed by atoms with Crippen molar-refractivity contribution in [2.24, 2.45) is 0 Å². The third kappa shape index (κ3) is 2.51. The summed E-state index contributed by atoms with van der Waals surface area (Å²) in [4.78, 5) is 9.29. The van der Waals surface area contributed by atoms with E-state index in [0.29, 0.717) is 10.8 Å². The standard InChI is InChI=1S/C12H8BrClN4S/c13-8-5-6(14)1-2-9(8)16-10-7-3-4-19-11(7)18-12(15)17-10/h1-5H,(H3,15,16,17,18). The van der Waals surface area contributed by atoms with Crippen molar-refractivity contribution in [3.63, 3.8) is 0 Å². The first-order valence-electron chi connectivity index (χ1n) is 5.36. The monoisotopic (exact) mass is 354 g/mol. The number of hydrogen-bond acceptors (Lipinski definition) is 5. The van der Waals surface area contributed by atoms with E-state index < -0.39 is 0 Å². The second kappa shape index (κ2) is 4.96. The van der Waals surface area contributed by atoms with E-state index in [9.17, 15) is 0 Å². The van der Waals surface area contributed by atoms with Crippen molar-refractivity contribution in [1.29, 1.82) is 0 Å². The van der Waals surface area contributed by atoms with E-state index in [1.54, 1.807) is 0 Å². The Kier molecular flexibility index (Phi) is 3.30. The Labute approximate surface area is 126 Å². The normalized spacial score (nSPS) is 10.8. The zero-order chi connectivity index (χ0) is 13.4. The van der Waals surface area contributed by atoms with Crippen LogP contribution in [0.25, 0.3) is 10.2 Å². The smallest absolute Gasteiger partial charge is 0.223 e. The van der Waals surface area contributed by atoms with E-state index in [0.717, 1.165) is 20.4 Å². The molecule has 19 heavy (non-hydrogen) atoms. The van der Waals surface area contributed by atoms with Gasteiger partial charge in [-0.25, -0.2) is 4.98 Å². The minimum absolute atomic E-state index is 0.252. The van der Waals surface area contributed by atoms with Gasteiger partial charge in [0.2, 0.25) is 5.95 Å². The number of aromatic nitrogens is 2. The molecule has 2 aromatic heterocycles. The van der Waals surface area contributed by atoms with Crippen LogP contribution in [0, 0.1) is 0 Å². The van der Waals surface area contributed by atoms with Gasteiger partial charge in [-0.05, 0) is 45.6 Å². The summed E-state index contributed by atoms with van der Waals surface area (Å²) in [5.41, 5.74) is 6.58. The molecule has 0 saturated heterocycles. The van der Waals surface area contributed by atoms with Gasteiger partial charge in [0.1, 0.15) is 10.6 Å². The topological polar surface area (TPSA) is 63.8 Å². The maximum atomic E-state index is 5.92. The molecule has 1 aromatic carbocycles. The minimum Gasteiger partial charge on any atom is -0.368 e. The highest BCUT2D eigenvalue weighted by atomic mass is 79.9. The van der Waals surface area contributed by atoms with E-state index >= 15 is 0 Å². The van der Waals surface area contributed by atoms with Crippen LogP contribution in [-0.4, -0.2) is 9.97 Å². The Morgan fingerprint density at radius 2 is 2.11 bits per heavy atom. The molecule has 2 heterocycles. The third-order valence-corrected chi connectivity index (χ3v) is 4.22. The van der Waals surface area contributed by atoms with Crippen molar-refractivity contribution in [3.05, 3.63) is 39.1 Å². The number of nitrogen functional groups attached to an aromatic ring is 1. The molecule has 3 N–H and O–H groups in total. The highest BCUT2D eigenvalue weighted by molar-refractivity contribution is 9.10. The van der Waals surface area contributed by atoms with Gasteiger partial charge < -0.3 is 11.1 Å². The molecule has 0 radical (unpaired) electrons. The fourth-order valence-corrected chi connectivity index (χ4v) is 3.24. The van der Waals surface area contributed by atoms with Crippen molar-refractivity contribution in [2.45, 2.75) is 0 Å². The van der Waals surface area contributed by atoms with Crippen LogP contribution in [0.3, 0.4) is 0 Å². The van der Waals surface area contributed by atoms with Crippen LogP contribution in [0.5, 0.6) is 0 Å². The Balaban J connectivity index is 2.07. The molecule has 0 bridgehead atoms. The molecule has 3 rings (SSSR count). The first-order chi connectivity index (χ1) is 9.13. The number of nitrogens with one attached hydrogen (secondary N) is 1. The summed E-state index contributed by atoms with van der Waals surface area (Å²) in [7, 11) is 0. The molecule has 0 saturated carbocycles. The SMILES string of the molecule is Nc1nc(Nc2ccc(Cl)cc2Br)c2ccsc2n1. The van der Waals surface area contributed by atoms with Gasteiger partial charge in [0.15, 0.2) is 0 Å². The predicted molar refractivity (Wildman–Crippen MR) is 84.3 cm³/mol. The van der Waals surface area contributed by atoms with Crippen LogP contribution in [0.15, 0.2) is 34.1 Å². The largest absolute Gasteiger partial charge is 0.368 e. The molecule has 0 aliphatic rings. The zero-order valence-electron chi connectivity index (χ0n) is 9.52. The maximum Gasteiger partial charge on any atom is 0.223 e. The lowest BCUT2D eigenvalue weighted by Gasteiger charge is -2.09. The second-order valence-corrected chi connectivity index (χ2v) is 6.00. The van der Waals surface area contributed by atoms with Gasteiger partial charge in [-0.2, -0.15) is 4.98 Å². The average molecular weight is 356 g/mol. The van der Waals surface area contributed by atoms with Crippen molar-refractivity contribution < 1.29 is 0 Å². The van der Waals surface area contributed by atoms with E-state index in [4.69, 9.17) is 17.3 Å². The van der Waals surface area contributed by atoms with Gasteiger partial charge in [0, 0.05) is 9.50 Å². The number of halogens is 2. The number of benzene rings is 1. The lowest BCUT2D eigenvalue weighted by Crippen LogP contribution is -2.00. The molecule has 4 nitrogen and oxygen atoms in total. The number of hydrogen-bond donors (Lipinski definition) is 2. The molecule has 0 unspecified atom stereocenters. The first kappa shape index (κ1) is 12.7. The molecule has 0 fully saturated rings. The summed E-state index contributed by atoms with van der Waals surface area (Å²) >= 11 is 10.9. The number of anilines is 3. The van der Waals surface area contributed by atoms with E-state index in [1.807, 2.05) is 29.6 Å². The van der Waals surface area contributed by atoms with E-state index in [-0.39, 0.29) is 5.95 Å². The quantitative estimate of drug-likeness (QED) is 0.713. The summed E-state index contributed by atoms with van der Waals surface area (Å²) in [5, 5.41) is 6.81. The van der Waals surface area contributed by atoms with Crippen molar-refractivity contribution in [1.82, 2.24) is 9.97 Å². The summed E-state index contributed by atoms with van der Waals surface area (Å²) in [6, 6.07) is 7.47. The van der Waals surface area contributed by atoms with E-state index in [1.165, 1.54) is 11.3 Å². The number of rotatable bonds is 2. The maximum absolute atomic E-state index is 5.92. The Hall–Kier alpha value is -1.37. The molecule has 0 amide bonds. The fourth-order valence-electron chi connectivity index (χ4n) is 1.69. The summed E-state index contributed by atoms with van der Waals surface area (Å²) in [6.07, 6.45) is 0. The van der Waals surface area contributed by atoms with Crippen LogP contribution in [0.4, 0.5) is 17.5 Å². The molecule has 7 heteroatoms. The predicted octanol–water partition coefficient (Wildman–Crippen LogP) is 4.43. The van der Waals surface area contributed by atoms with Crippen LogP contribution in [-0.2, 0) is 0 Å². The fraction of sp³-hybridized carbons (Fsp3) is 0. The average Bonchev–Trinajstić information content (AvgIpc) is 2.80. The van der Waals surface area contributed by atoms with Crippen molar-refractivity contribution in [3.8, 4) is 0 Å². The van der Waals surface area contributed by atoms with Crippen LogP contribution < -0.4 is 11.1 Å². The number of nitrogens with zero attached hydrogens (tertiary/aromatic N) is 2. The molecule has 96 valence electrons. The number of nitrogens with two attached hydrogens (primary N) is 1. The van der Waals surface area contributed by atoms with E-state index in [2.05, 4.69) is 31.2 Å². The number of thiophene rings is 1. The zero-order valence-corrected chi connectivity index (χ0v) is 12.7. The van der Waals surface area contributed by atoms with Gasteiger partial charge in [-0.3, -0.25) is 0 Å². The third-order valence-electron chi connectivity index (χ3n) is 2.53. The highest BCUT2D eigenvalue weighted by Crippen LogP contribution is 2.32. The molecule has 0 spiro atoms. The van der Waals surface area contributed by atoms with Gasteiger partial charge in [0.25, 0.3) is 0 Å². The molecular formula is C12H8BrClN4S. The highest BCUT2D eigenvalue weighted by Gasteiger charge is 2.09. The first-order valence-corrected chi connectivity index (χ1v) is 7.41. The van der Waals surface area contributed by atoms with Crippen LogP contribution in [0.2, 0.25) is 5.02 Å². The Morgan fingerprint density at radius 1 is 1.26 bits per heavy atom. The summed E-state index contributed by atoms with van der Waals surface area (Å²) in [5.74, 6) is 0.939. The Morgan fingerprint density at radius 3 is 2.89 bits per heavy atom. The summed E-state index contributed by atoms with van der Waals surface area (Å²) < 4.78 is 0.862. The van der Waals surface area contributed by atoms with Crippen LogP contribution >= 0.6 is 38.9 Å².